The molecule has 0 aliphatic rings. The molecule has 2 aromatic rings. The first-order valence-electron chi connectivity index (χ1n) is 6.02. The Morgan fingerprint density at radius 3 is 2.74 bits per heavy atom. The highest BCUT2D eigenvalue weighted by atomic mass is 32.2. The molecular formula is C15H16N2S2. The Hall–Kier alpha value is -1.44. The van der Waals surface area contributed by atoms with Crippen molar-refractivity contribution in [1.82, 2.24) is 0 Å². The molecule has 0 saturated heterocycles. The van der Waals surface area contributed by atoms with Crippen molar-refractivity contribution in [3.05, 3.63) is 45.1 Å². The van der Waals surface area contributed by atoms with Crippen molar-refractivity contribution >= 4 is 28.8 Å². The molecule has 0 aliphatic heterocycles. The van der Waals surface area contributed by atoms with Gasteiger partial charge in [0.15, 0.2) is 0 Å². The number of nitriles is 1. The van der Waals surface area contributed by atoms with Gasteiger partial charge in [0.25, 0.3) is 0 Å². The van der Waals surface area contributed by atoms with Gasteiger partial charge < -0.3 is 5.32 Å². The van der Waals surface area contributed by atoms with Crippen LogP contribution in [0.4, 0.5) is 5.69 Å². The van der Waals surface area contributed by atoms with E-state index in [1.54, 1.807) is 23.1 Å². The lowest BCUT2D eigenvalue weighted by molar-refractivity contribution is 1.17. The van der Waals surface area contributed by atoms with Crippen molar-refractivity contribution in [1.29, 1.82) is 5.26 Å². The van der Waals surface area contributed by atoms with E-state index in [0.29, 0.717) is 0 Å². The Morgan fingerprint density at radius 2 is 2.16 bits per heavy atom. The second kappa shape index (κ2) is 6.14. The molecule has 19 heavy (non-hydrogen) atoms. The molecule has 2 nitrogen and oxygen atoms in total. The molecule has 1 aromatic carbocycles. The maximum absolute atomic E-state index is 9.28. The molecule has 0 spiro atoms. The van der Waals surface area contributed by atoms with Crippen LogP contribution in [0.3, 0.4) is 0 Å². The lowest BCUT2D eigenvalue weighted by Crippen LogP contribution is -2.00. The number of hydrogen-bond donors (Lipinski definition) is 1. The molecule has 1 N–H and O–H groups in total. The molecule has 4 heteroatoms. The fraction of sp³-hybridized carbons (Fsp3) is 0.267. The number of hydrogen-bond acceptors (Lipinski definition) is 4. The molecule has 0 bridgehead atoms. The van der Waals surface area contributed by atoms with E-state index in [2.05, 4.69) is 31.3 Å². The van der Waals surface area contributed by atoms with Gasteiger partial charge in [-0.25, -0.2) is 0 Å². The summed E-state index contributed by atoms with van der Waals surface area (Å²) in [5.41, 5.74) is 2.98. The monoisotopic (exact) mass is 288 g/mol. The number of thiophene rings is 1. The second-order valence-corrected chi connectivity index (χ2v) is 6.49. The highest BCUT2D eigenvalue weighted by molar-refractivity contribution is 7.98. The molecule has 1 aromatic heterocycles. The van der Waals surface area contributed by atoms with E-state index in [9.17, 15) is 5.26 Å². The number of thioether (sulfide) groups is 1. The number of nitrogens with zero attached hydrogens (tertiary/aromatic N) is 1. The van der Waals surface area contributed by atoms with Crippen LogP contribution in [0.2, 0.25) is 0 Å². The summed E-state index contributed by atoms with van der Waals surface area (Å²) in [4.78, 5) is 3.68. The summed E-state index contributed by atoms with van der Waals surface area (Å²) in [5, 5.41) is 12.6. The summed E-state index contributed by atoms with van der Waals surface area (Å²) in [6, 6.07) is 10.4. The van der Waals surface area contributed by atoms with Crippen LogP contribution in [-0.4, -0.2) is 6.26 Å². The van der Waals surface area contributed by atoms with Crippen LogP contribution >= 0.6 is 23.1 Å². The Morgan fingerprint density at radius 1 is 1.37 bits per heavy atom. The van der Waals surface area contributed by atoms with E-state index in [1.165, 1.54) is 15.3 Å². The standard InChI is InChI=1S/C15H16N2S2/c1-10-7-12(19-11(10)2)9-17-14-5-4-6-15(18-3)13(14)8-16/h4-7,17H,9H2,1-3H3. The fourth-order valence-corrected chi connectivity index (χ4v) is 3.45. The Balaban J connectivity index is 2.18. The molecular weight excluding hydrogens is 272 g/mol. The van der Waals surface area contributed by atoms with Gasteiger partial charge in [-0.1, -0.05) is 6.07 Å². The maximum Gasteiger partial charge on any atom is 0.102 e. The summed E-state index contributed by atoms with van der Waals surface area (Å²) < 4.78 is 0. The first-order valence-corrected chi connectivity index (χ1v) is 8.06. The number of benzene rings is 1. The fourth-order valence-electron chi connectivity index (χ4n) is 1.88. The third-order valence-electron chi connectivity index (χ3n) is 3.03. The quantitative estimate of drug-likeness (QED) is 0.837. The molecule has 0 unspecified atom stereocenters. The molecule has 0 amide bonds. The topological polar surface area (TPSA) is 35.8 Å². The van der Waals surface area contributed by atoms with Crippen molar-refractivity contribution in [3.63, 3.8) is 0 Å². The van der Waals surface area contributed by atoms with Gasteiger partial charge >= 0.3 is 0 Å². The minimum Gasteiger partial charge on any atom is -0.379 e. The zero-order valence-electron chi connectivity index (χ0n) is 11.3. The predicted molar refractivity (Wildman–Crippen MR) is 84.1 cm³/mol. The van der Waals surface area contributed by atoms with Crippen LogP contribution in [0.5, 0.6) is 0 Å². The number of rotatable bonds is 4. The minimum absolute atomic E-state index is 0.736. The van der Waals surface area contributed by atoms with E-state index in [-0.39, 0.29) is 0 Å². The third-order valence-corrected chi connectivity index (χ3v) is 4.96. The van der Waals surface area contributed by atoms with Crippen molar-refractivity contribution in [2.45, 2.75) is 25.3 Å². The Labute approximate surface area is 122 Å². The van der Waals surface area contributed by atoms with Gasteiger partial charge in [-0.15, -0.1) is 23.1 Å². The average molecular weight is 288 g/mol. The molecule has 0 atom stereocenters. The molecule has 1 heterocycles. The van der Waals surface area contributed by atoms with Gasteiger partial charge in [0.2, 0.25) is 0 Å². The first kappa shape index (κ1) is 14.0. The average Bonchev–Trinajstić information content (AvgIpc) is 2.74. The normalized spacial score (nSPS) is 10.2. The Bertz CT molecular complexity index is 604. The van der Waals surface area contributed by atoms with E-state index in [1.807, 2.05) is 24.5 Å². The van der Waals surface area contributed by atoms with Gasteiger partial charge in [0.05, 0.1) is 11.3 Å². The summed E-state index contributed by atoms with van der Waals surface area (Å²) in [7, 11) is 0. The molecule has 0 aliphatic carbocycles. The third kappa shape index (κ3) is 3.12. The minimum atomic E-state index is 0.736. The van der Waals surface area contributed by atoms with Crippen molar-refractivity contribution in [3.8, 4) is 6.07 Å². The number of aryl methyl sites for hydroxylation is 2. The van der Waals surface area contributed by atoms with Gasteiger partial charge in [0.1, 0.15) is 6.07 Å². The summed E-state index contributed by atoms with van der Waals surface area (Å²) in [5.74, 6) is 0. The lowest BCUT2D eigenvalue weighted by Gasteiger charge is -2.09. The Kier molecular flexibility index (Phi) is 4.52. The zero-order chi connectivity index (χ0) is 13.8. The van der Waals surface area contributed by atoms with Crippen LogP contribution in [0.15, 0.2) is 29.2 Å². The van der Waals surface area contributed by atoms with Crippen LogP contribution in [0, 0.1) is 25.2 Å². The van der Waals surface area contributed by atoms with Crippen LogP contribution in [0.1, 0.15) is 20.9 Å². The molecule has 0 saturated carbocycles. The summed E-state index contributed by atoms with van der Waals surface area (Å²) in [6.45, 7) is 5.04. The van der Waals surface area contributed by atoms with E-state index in [0.717, 1.165) is 22.7 Å². The van der Waals surface area contributed by atoms with Crippen LogP contribution < -0.4 is 5.32 Å². The smallest absolute Gasteiger partial charge is 0.102 e. The lowest BCUT2D eigenvalue weighted by atomic mass is 10.2. The molecule has 0 radical (unpaired) electrons. The van der Waals surface area contributed by atoms with E-state index < -0.39 is 0 Å². The first-order chi connectivity index (χ1) is 9.15. The van der Waals surface area contributed by atoms with Gasteiger partial charge in [-0.3, -0.25) is 0 Å². The summed E-state index contributed by atoms with van der Waals surface area (Å²) >= 11 is 3.41. The highest BCUT2D eigenvalue weighted by Gasteiger charge is 2.08. The maximum atomic E-state index is 9.28. The van der Waals surface area contributed by atoms with E-state index in [4.69, 9.17) is 0 Å². The number of nitrogens with one attached hydrogen (secondary N) is 1. The van der Waals surface area contributed by atoms with Crippen LogP contribution in [-0.2, 0) is 6.54 Å². The SMILES string of the molecule is CSc1cccc(NCc2cc(C)c(C)s2)c1C#N. The van der Waals surface area contributed by atoms with Crippen molar-refractivity contribution in [2.75, 3.05) is 11.6 Å². The number of anilines is 1. The van der Waals surface area contributed by atoms with Gasteiger partial charge in [-0.2, -0.15) is 5.26 Å². The summed E-state index contributed by atoms with van der Waals surface area (Å²) in [6.07, 6.45) is 1.99. The molecule has 98 valence electrons. The molecule has 2 rings (SSSR count). The van der Waals surface area contributed by atoms with Crippen molar-refractivity contribution in [2.24, 2.45) is 0 Å². The predicted octanol–water partition coefficient (Wildman–Crippen LogP) is 4.57. The highest BCUT2D eigenvalue weighted by Crippen LogP contribution is 2.27. The largest absolute Gasteiger partial charge is 0.379 e. The molecule has 0 fully saturated rings. The second-order valence-electron chi connectivity index (χ2n) is 4.30. The van der Waals surface area contributed by atoms with Gasteiger partial charge in [-0.05, 0) is 43.9 Å². The van der Waals surface area contributed by atoms with E-state index >= 15 is 0 Å². The zero-order valence-corrected chi connectivity index (χ0v) is 12.9. The van der Waals surface area contributed by atoms with Crippen molar-refractivity contribution < 1.29 is 0 Å². The van der Waals surface area contributed by atoms with Gasteiger partial charge in [0, 0.05) is 21.2 Å². The van der Waals surface area contributed by atoms with Crippen LogP contribution in [0.25, 0.3) is 0 Å².